The van der Waals surface area contributed by atoms with E-state index in [0.717, 1.165) is 17.4 Å². The summed E-state index contributed by atoms with van der Waals surface area (Å²) in [5, 5.41) is 32.9. The molecule has 16 heteroatoms. The van der Waals surface area contributed by atoms with Crippen molar-refractivity contribution in [2.45, 2.75) is 69.7 Å². The van der Waals surface area contributed by atoms with Crippen LogP contribution in [0.4, 0.5) is 0 Å². The maximum Gasteiger partial charge on any atom is 0.326 e. The largest absolute Gasteiger partial charge is 0.488 e. The Morgan fingerprint density at radius 2 is 1.82 bits per heavy atom. The first-order valence-corrected chi connectivity index (χ1v) is 22.1. The smallest absolute Gasteiger partial charge is 0.326 e. The summed E-state index contributed by atoms with van der Waals surface area (Å²) in [5.74, 6) is -1.12. The van der Waals surface area contributed by atoms with E-state index in [4.69, 9.17) is 30.5 Å². The van der Waals surface area contributed by atoms with E-state index in [1.54, 1.807) is 19.1 Å². The first-order valence-electron chi connectivity index (χ1n) is 19.8. The number of allylic oxidation sites excluding steroid dienone is 2. The Morgan fingerprint density at radius 1 is 1.07 bits per heavy atom. The predicted octanol–water partition coefficient (Wildman–Crippen LogP) is 5.09. The molecule has 1 aliphatic carbocycles. The highest BCUT2D eigenvalue weighted by molar-refractivity contribution is 7.90. The highest BCUT2D eigenvalue weighted by Crippen LogP contribution is 2.49. The van der Waals surface area contributed by atoms with Crippen LogP contribution in [0.2, 0.25) is 5.02 Å². The summed E-state index contributed by atoms with van der Waals surface area (Å²) in [6, 6.07) is 14.7. The first kappa shape index (κ1) is 46.7. The number of carboxylic acids is 1. The van der Waals surface area contributed by atoms with Crippen LogP contribution >= 0.6 is 11.6 Å². The van der Waals surface area contributed by atoms with Crippen molar-refractivity contribution >= 4 is 38.9 Å². The quantitative estimate of drug-likeness (QED) is 0.0817. The number of benzene rings is 2. The van der Waals surface area contributed by atoms with Crippen molar-refractivity contribution in [3.8, 4) is 11.5 Å². The first-order chi connectivity index (χ1) is 28.4. The zero-order chi connectivity index (χ0) is 43.8. The topological polar surface area (TPSA) is 194 Å². The number of carbonyl (C=O) groups excluding carboxylic acids is 1. The molecule has 0 bridgehead atoms. The molecule has 5 rings (SSSR count). The maximum absolute atomic E-state index is 12.7. The van der Waals surface area contributed by atoms with Gasteiger partial charge in [-0.2, -0.15) is 0 Å². The molecule has 2 aliphatic rings. The summed E-state index contributed by atoms with van der Waals surface area (Å²) in [5.41, 5.74) is -1.30. The fourth-order valence-corrected chi connectivity index (χ4v) is 8.25. The molecular weight excluding hydrogens is 814 g/mol. The molecule has 3 unspecified atom stereocenters. The summed E-state index contributed by atoms with van der Waals surface area (Å²) < 4.78 is 49.4. The van der Waals surface area contributed by atoms with Gasteiger partial charge in [0.15, 0.2) is 9.84 Å². The van der Waals surface area contributed by atoms with Crippen molar-refractivity contribution in [3.63, 3.8) is 0 Å². The van der Waals surface area contributed by atoms with E-state index >= 15 is 0 Å². The number of rotatable bonds is 21. The number of aliphatic hydroxyl groups excluding tert-OH is 2. The number of halogens is 1. The molecule has 0 amide bonds. The van der Waals surface area contributed by atoms with Gasteiger partial charge in [0.1, 0.15) is 41.3 Å². The lowest BCUT2D eigenvalue weighted by Gasteiger charge is -2.47. The number of aromatic nitrogens is 1. The van der Waals surface area contributed by atoms with E-state index in [0.29, 0.717) is 50.2 Å². The zero-order valence-electron chi connectivity index (χ0n) is 34.8. The summed E-state index contributed by atoms with van der Waals surface area (Å²) in [6.45, 7) is 8.44. The second kappa shape index (κ2) is 19.6. The monoisotopic (exact) mass is 869 g/mol. The zero-order valence-corrected chi connectivity index (χ0v) is 36.4. The van der Waals surface area contributed by atoms with Crippen LogP contribution in [-0.4, -0.2) is 116 Å². The van der Waals surface area contributed by atoms with Crippen molar-refractivity contribution in [2.24, 2.45) is 10.8 Å². The number of pyridine rings is 1. The molecule has 4 N–H and O–H groups in total. The van der Waals surface area contributed by atoms with Crippen molar-refractivity contribution in [3.05, 3.63) is 101 Å². The third kappa shape index (κ3) is 10.6. The number of carbonyl (C=O) groups is 2. The number of sulfone groups is 1. The molecule has 1 aliphatic heterocycles. The molecule has 1 saturated heterocycles. The van der Waals surface area contributed by atoms with Crippen molar-refractivity contribution in [2.75, 3.05) is 58.9 Å². The molecule has 3 aromatic rings. The molecule has 3 atom stereocenters. The van der Waals surface area contributed by atoms with E-state index in [1.807, 2.05) is 42.5 Å². The van der Waals surface area contributed by atoms with Gasteiger partial charge in [0.05, 0.1) is 29.7 Å². The minimum atomic E-state index is -3.54. The van der Waals surface area contributed by atoms with Gasteiger partial charge in [0.25, 0.3) is 0 Å². The van der Waals surface area contributed by atoms with Crippen LogP contribution in [0.1, 0.15) is 57.2 Å². The molecule has 1 aromatic heterocycles. The van der Waals surface area contributed by atoms with E-state index < -0.39 is 44.4 Å². The van der Waals surface area contributed by atoms with Gasteiger partial charge < -0.3 is 39.2 Å². The van der Waals surface area contributed by atoms with Crippen LogP contribution in [0, 0.1) is 10.8 Å². The third-order valence-electron chi connectivity index (χ3n) is 11.5. The van der Waals surface area contributed by atoms with Crippen molar-refractivity contribution in [1.82, 2.24) is 15.2 Å². The van der Waals surface area contributed by atoms with Crippen molar-refractivity contribution in [1.29, 1.82) is 0 Å². The Kier molecular flexibility index (Phi) is 15.2. The van der Waals surface area contributed by atoms with Crippen LogP contribution in [0.25, 0.3) is 5.57 Å². The number of hydrogen-bond donors (Lipinski definition) is 4. The number of hydrogen-bond acceptors (Lipinski definition) is 13. The summed E-state index contributed by atoms with van der Waals surface area (Å²) in [7, 11) is -3.54. The number of aliphatic hydroxyl groups is 2. The Labute approximate surface area is 357 Å². The number of nitrogens with one attached hydrogen (secondary N) is 1. The second-order valence-corrected chi connectivity index (χ2v) is 18.5. The van der Waals surface area contributed by atoms with Gasteiger partial charge in [-0.1, -0.05) is 67.9 Å². The minimum absolute atomic E-state index is 0.0134. The van der Waals surface area contributed by atoms with Gasteiger partial charge in [-0.25, -0.2) is 8.42 Å². The maximum atomic E-state index is 12.7. The number of nitrogens with zero attached hydrogens (tertiary/aromatic N) is 2. The number of esters is 1. The molecule has 1 fully saturated rings. The van der Waals surface area contributed by atoms with E-state index in [-0.39, 0.29) is 60.4 Å². The Bertz CT molecular complexity index is 2170. The average molecular weight is 870 g/mol. The molecular formula is C44H56ClN3O11S. The summed E-state index contributed by atoms with van der Waals surface area (Å²) in [4.78, 5) is 30.9. The van der Waals surface area contributed by atoms with Gasteiger partial charge >= 0.3 is 11.9 Å². The van der Waals surface area contributed by atoms with Gasteiger partial charge in [-0.15, -0.1) is 0 Å². The van der Waals surface area contributed by atoms with Gasteiger partial charge in [-0.3, -0.25) is 19.9 Å². The lowest BCUT2D eigenvalue weighted by Crippen LogP contribution is -2.52. The standard InChI is InChI=1S/C44H56ClN3O11S/c1-6-56-40(53)43(29-50)16-18-48(27-43)17-11-19-59-44(15-10-14-35(41(44,2)3)32-12-8-7-9-13-32)30-58-38-22-37(57-26-31-20-34(25-46-23-31)60(5,54)55)33(21-36(38)45)24-47-42(4,28-49)39(51)52/h7-10,12-15,20-23,25,47,49-50H,6,11,16-19,24,26-30H2,1-5H3,(H,51,52). The van der Waals surface area contributed by atoms with Gasteiger partial charge in [0, 0.05) is 67.5 Å². The van der Waals surface area contributed by atoms with Gasteiger partial charge in [0.2, 0.25) is 0 Å². The van der Waals surface area contributed by atoms with Crippen LogP contribution in [0.3, 0.4) is 0 Å². The van der Waals surface area contributed by atoms with E-state index in [1.165, 1.54) is 25.4 Å². The molecule has 0 spiro atoms. The molecule has 2 heterocycles. The predicted molar refractivity (Wildman–Crippen MR) is 226 cm³/mol. The highest BCUT2D eigenvalue weighted by Gasteiger charge is 2.50. The van der Waals surface area contributed by atoms with Crippen LogP contribution < -0.4 is 14.8 Å². The molecule has 326 valence electrons. The number of aliphatic carboxylic acids is 1. The van der Waals surface area contributed by atoms with E-state index in [2.05, 4.69) is 35.1 Å². The summed E-state index contributed by atoms with van der Waals surface area (Å²) >= 11 is 6.89. The highest BCUT2D eigenvalue weighted by atomic mass is 35.5. The lowest BCUT2D eigenvalue weighted by atomic mass is 9.65. The van der Waals surface area contributed by atoms with Crippen molar-refractivity contribution < 1.29 is 52.3 Å². The fourth-order valence-electron chi connectivity index (χ4n) is 7.39. The SMILES string of the molecule is CCOC(=O)C1(CO)CCN(CCCOC2(COc3cc(OCc4cncc(S(C)(=O)=O)c4)c(CNC(C)(CO)C(=O)O)cc3Cl)C=CC=C(c3ccccc3)C2(C)C)C1. The van der Waals surface area contributed by atoms with Crippen LogP contribution in [0.15, 0.2) is 84.0 Å². The van der Waals surface area contributed by atoms with Crippen LogP contribution in [0.5, 0.6) is 11.5 Å². The second-order valence-electron chi connectivity index (χ2n) is 16.1. The number of likely N-dealkylation sites (tertiary alicyclic amines) is 1. The molecule has 0 radical (unpaired) electrons. The van der Waals surface area contributed by atoms with E-state index in [9.17, 15) is 33.3 Å². The number of carboxylic acid groups (broad SMARTS) is 1. The Hall–Kier alpha value is -4.35. The Balaban J connectivity index is 1.42. The number of ether oxygens (including phenoxy) is 4. The minimum Gasteiger partial charge on any atom is -0.488 e. The average Bonchev–Trinajstić information content (AvgIpc) is 3.66. The molecule has 60 heavy (non-hydrogen) atoms. The normalized spacial score (nSPS) is 21.2. The molecule has 2 aromatic carbocycles. The Morgan fingerprint density at radius 3 is 2.48 bits per heavy atom. The molecule has 14 nitrogen and oxygen atoms in total. The summed E-state index contributed by atoms with van der Waals surface area (Å²) in [6.07, 6.45) is 11.0. The third-order valence-corrected chi connectivity index (χ3v) is 12.8. The van der Waals surface area contributed by atoms with Gasteiger partial charge in [-0.05, 0) is 62.6 Å². The molecule has 0 saturated carbocycles. The van der Waals surface area contributed by atoms with Crippen LogP contribution in [-0.2, 0) is 42.1 Å². The fraction of sp³-hybridized carbons (Fsp3) is 0.477. The lowest BCUT2D eigenvalue weighted by molar-refractivity contribution is -0.157.